The van der Waals surface area contributed by atoms with Crippen LogP contribution in [0.2, 0.25) is 0 Å². The van der Waals surface area contributed by atoms with E-state index in [9.17, 15) is 0 Å². The van der Waals surface area contributed by atoms with Crippen molar-refractivity contribution in [3.05, 3.63) is 49.1 Å². The highest BCUT2D eigenvalue weighted by atomic mass is 14.6. The fourth-order valence-electron chi connectivity index (χ4n) is 0.594. The normalized spacial score (nSPS) is 12.8. The van der Waals surface area contributed by atoms with E-state index in [2.05, 4.69) is 11.6 Å². The van der Waals surface area contributed by atoms with Crippen molar-refractivity contribution in [2.45, 2.75) is 6.42 Å². The molecule has 0 fully saturated rings. The molecule has 0 unspecified atom stereocenters. The summed E-state index contributed by atoms with van der Waals surface area (Å²) < 4.78 is 0. The molecular weight excluding hydrogens is 146 g/mol. The molecule has 0 aliphatic carbocycles. The van der Waals surface area contributed by atoms with Gasteiger partial charge in [0, 0.05) is 19.7 Å². The number of hydrogen-bond donors (Lipinski definition) is 0. The zero-order chi connectivity index (χ0) is 9.07. The Hall–Kier alpha value is -1.37. The first-order valence-electron chi connectivity index (χ1n) is 3.93. The summed E-state index contributed by atoms with van der Waals surface area (Å²) in [5, 5.41) is 0. The lowest BCUT2D eigenvalue weighted by Gasteiger charge is -1.76. The summed E-state index contributed by atoms with van der Waals surface area (Å²) in [7, 11) is 1.77. The second-order valence-electron chi connectivity index (χ2n) is 2.11. The maximum Gasteiger partial charge on any atom is 0.0273 e. The number of nitrogens with zero attached hydrogens (tertiary/aromatic N) is 1. The van der Waals surface area contributed by atoms with E-state index in [1.807, 2.05) is 42.7 Å². The molecule has 12 heavy (non-hydrogen) atoms. The average Bonchev–Trinajstić information content (AvgIpc) is 2.10. The monoisotopic (exact) mass is 161 g/mol. The van der Waals surface area contributed by atoms with Crippen LogP contribution < -0.4 is 0 Å². The maximum absolute atomic E-state index is 3.86. The molecule has 1 heteroatoms. The molecule has 0 aromatic rings. The van der Waals surface area contributed by atoms with Crippen molar-refractivity contribution in [2.24, 2.45) is 4.99 Å². The topological polar surface area (TPSA) is 12.4 Å². The minimum absolute atomic E-state index is 0.895. The van der Waals surface area contributed by atoms with E-state index in [0.29, 0.717) is 0 Å². The zero-order valence-electron chi connectivity index (χ0n) is 7.48. The summed E-state index contributed by atoms with van der Waals surface area (Å²) >= 11 is 0. The van der Waals surface area contributed by atoms with Crippen LogP contribution in [0.1, 0.15) is 6.42 Å². The molecule has 0 atom stereocenters. The van der Waals surface area contributed by atoms with E-state index in [0.717, 1.165) is 6.42 Å². The Morgan fingerprint density at radius 1 is 1.08 bits per heavy atom. The van der Waals surface area contributed by atoms with Crippen molar-refractivity contribution in [3.8, 4) is 0 Å². The molecule has 0 spiro atoms. The molecule has 0 saturated carbocycles. The highest BCUT2D eigenvalue weighted by Crippen LogP contribution is 1.83. The van der Waals surface area contributed by atoms with Crippen molar-refractivity contribution < 1.29 is 0 Å². The first-order valence-corrected chi connectivity index (χ1v) is 3.93. The predicted molar refractivity (Wildman–Crippen MR) is 56.7 cm³/mol. The standard InChI is InChI=1S/C11H15N/c1-3-4-5-6-7-8-9-10-11-12-2/h3-9,11H,1,10H2,2H3/b5-4+,7-6+,9-8+,12-11?. The van der Waals surface area contributed by atoms with Crippen LogP contribution in [0.4, 0.5) is 0 Å². The summed E-state index contributed by atoms with van der Waals surface area (Å²) in [5.41, 5.74) is 0. The zero-order valence-corrected chi connectivity index (χ0v) is 7.48. The van der Waals surface area contributed by atoms with Crippen LogP contribution in [-0.2, 0) is 0 Å². The van der Waals surface area contributed by atoms with Crippen LogP contribution in [0.3, 0.4) is 0 Å². The third kappa shape index (κ3) is 8.63. The molecule has 0 rings (SSSR count). The van der Waals surface area contributed by atoms with E-state index in [1.165, 1.54) is 0 Å². The molecular formula is C11H15N. The van der Waals surface area contributed by atoms with Crippen LogP contribution in [-0.4, -0.2) is 13.3 Å². The van der Waals surface area contributed by atoms with Gasteiger partial charge in [-0.2, -0.15) is 0 Å². The number of aliphatic imine (C=N–C) groups is 1. The van der Waals surface area contributed by atoms with Gasteiger partial charge >= 0.3 is 0 Å². The Morgan fingerprint density at radius 3 is 2.42 bits per heavy atom. The van der Waals surface area contributed by atoms with Gasteiger partial charge in [0.1, 0.15) is 0 Å². The Labute approximate surface area is 74.5 Å². The van der Waals surface area contributed by atoms with Crippen LogP contribution in [0.5, 0.6) is 0 Å². The van der Waals surface area contributed by atoms with Gasteiger partial charge in [0.2, 0.25) is 0 Å². The van der Waals surface area contributed by atoms with Gasteiger partial charge in [-0.3, -0.25) is 0 Å². The lowest BCUT2D eigenvalue weighted by molar-refractivity contribution is 1.40. The average molecular weight is 161 g/mol. The van der Waals surface area contributed by atoms with Gasteiger partial charge in [0.15, 0.2) is 0 Å². The van der Waals surface area contributed by atoms with Gasteiger partial charge in [-0.15, -0.1) is 0 Å². The number of hydrogen-bond acceptors (Lipinski definition) is 1. The van der Waals surface area contributed by atoms with Crippen molar-refractivity contribution in [1.29, 1.82) is 0 Å². The Bertz CT molecular complexity index is 207. The Morgan fingerprint density at radius 2 is 1.75 bits per heavy atom. The van der Waals surface area contributed by atoms with Crippen molar-refractivity contribution in [3.63, 3.8) is 0 Å². The van der Waals surface area contributed by atoms with E-state index in [1.54, 1.807) is 13.1 Å². The van der Waals surface area contributed by atoms with Crippen LogP contribution in [0.15, 0.2) is 54.1 Å². The molecule has 1 nitrogen and oxygen atoms in total. The smallest absolute Gasteiger partial charge is 0.0273 e. The lowest BCUT2D eigenvalue weighted by Crippen LogP contribution is -1.66. The van der Waals surface area contributed by atoms with Gasteiger partial charge in [-0.25, -0.2) is 0 Å². The van der Waals surface area contributed by atoms with Crippen LogP contribution in [0, 0.1) is 0 Å². The molecule has 0 N–H and O–H groups in total. The number of allylic oxidation sites excluding steroid dienone is 7. The minimum Gasteiger partial charge on any atom is -0.301 e. The van der Waals surface area contributed by atoms with Gasteiger partial charge in [0.25, 0.3) is 0 Å². The molecule has 0 radical (unpaired) electrons. The number of rotatable bonds is 5. The Kier molecular flexibility index (Phi) is 8.53. The lowest BCUT2D eigenvalue weighted by atomic mass is 10.3. The van der Waals surface area contributed by atoms with E-state index >= 15 is 0 Å². The third-order valence-corrected chi connectivity index (χ3v) is 1.14. The SMILES string of the molecule is C=C/C=C/C=C/C=C/CC=NC. The summed E-state index contributed by atoms with van der Waals surface area (Å²) in [6, 6.07) is 0. The largest absolute Gasteiger partial charge is 0.301 e. The van der Waals surface area contributed by atoms with Crippen LogP contribution in [0.25, 0.3) is 0 Å². The Balaban J connectivity index is 3.51. The molecule has 0 saturated heterocycles. The van der Waals surface area contributed by atoms with E-state index in [-0.39, 0.29) is 0 Å². The van der Waals surface area contributed by atoms with E-state index < -0.39 is 0 Å². The molecule has 0 heterocycles. The molecule has 0 aliphatic rings. The fourth-order valence-corrected chi connectivity index (χ4v) is 0.594. The van der Waals surface area contributed by atoms with Gasteiger partial charge in [-0.05, 0) is 0 Å². The van der Waals surface area contributed by atoms with Crippen molar-refractivity contribution >= 4 is 6.21 Å². The summed E-state index contributed by atoms with van der Waals surface area (Å²) in [5.74, 6) is 0. The fraction of sp³-hybridized carbons (Fsp3) is 0.182. The summed E-state index contributed by atoms with van der Waals surface area (Å²) in [6.07, 6.45) is 16.3. The molecule has 0 aromatic heterocycles. The van der Waals surface area contributed by atoms with Crippen molar-refractivity contribution in [2.75, 3.05) is 7.05 Å². The van der Waals surface area contributed by atoms with E-state index in [4.69, 9.17) is 0 Å². The first-order chi connectivity index (χ1) is 5.91. The van der Waals surface area contributed by atoms with Gasteiger partial charge in [0.05, 0.1) is 0 Å². The maximum atomic E-state index is 3.86. The summed E-state index contributed by atoms with van der Waals surface area (Å²) in [4.78, 5) is 3.86. The quantitative estimate of drug-likeness (QED) is 0.434. The molecule has 0 aromatic carbocycles. The highest BCUT2D eigenvalue weighted by Gasteiger charge is 1.66. The second-order valence-corrected chi connectivity index (χ2v) is 2.11. The third-order valence-electron chi connectivity index (χ3n) is 1.14. The summed E-state index contributed by atoms with van der Waals surface area (Å²) in [6.45, 7) is 3.56. The van der Waals surface area contributed by atoms with Gasteiger partial charge in [-0.1, -0.05) is 49.1 Å². The second kappa shape index (κ2) is 9.63. The molecule has 0 amide bonds. The first kappa shape index (κ1) is 10.6. The van der Waals surface area contributed by atoms with Gasteiger partial charge < -0.3 is 4.99 Å². The predicted octanol–water partition coefficient (Wildman–Crippen LogP) is 2.93. The highest BCUT2D eigenvalue weighted by molar-refractivity contribution is 5.59. The van der Waals surface area contributed by atoms with Crippen LogP contribution >= 0.6 is 0 Å². The minimum atomic E-state index is 0.895. The molecule has 0 aliphatic heterocycles. The van der Waals surface area contributed by atoms with Crippen molar-refractivity contribution in [1.82, 2.24) is 0 Å². The molecule has 64 valence electrons. The molecule has 0 bridgehead atoms.